The molecule has 1 amide bonds. The van der Waals surface area contributed by atoms with Crippen molar-refractivity contribution in [2.24, 2.45) is 5.10 Å². The molecule has 1 N–H and O–H groups in total. The van der Waals surface area contributed by atoms with Crippen molar-refractivity contribution in [3.63, 3.8) is 0 Å². The lowest BCUT2D eigenvalue weighted by Gasteiger charge is -2.24. The maximum absolute atomic E-state index is 12.0. The van der Waals surface area contributed by atoms with Crippen molar-refractivity contribution < 1.29 is 14.3 Å². The van der Waals surface area contributed by atoms with Crippen LogP contribution in [0.15, 0.2) is 23.3 Å². The van der Waals surface area contributed by atoms with E-state index in [1.807, 2.05) is 0 Å². The molecule has 27 heavy (non-hydrogen) atoms. The summed E-state index contributed by atoms with van der Waals surface area (Å²) < 4.78 is 10.4. The number of rotatable bonds is 7. The number of carbonyl (C=O) groups is 1. The summed E-state index contributed by atoms with van der Waals surface area (Å²) >= 11 is 0. The Morgan fingerprint density at radius 3 is 2.81 bits per heavy atom. The van der Waals surface area contributed by atoms with E-state index in [-0.39, 0.29) is 12.5 Å². The molecule has 2 aromatic rings. The second kappa shape index (κ2) is 8.97. The third kappa shape index (κ3) is 4.93. The van der Waals surface area contributed by atoms with E-state index in [1.165, 1.54) is 17.4 Å². The Balaban J connectivity index is 1.55. The van der Waals surface area contributed by atoms with E-state index in [1.54, 1.807) is 32.4 Å². The summed E-state index contributed by atoms with van der Waals surface area (Å²) in [4.78, 5) is 15.4. The Morgan fingerprint density at radius 1 is 1.26 bits per heavy atom. The van der Waals surface area contributed by atoms with Gasteiger partial charge in [-0.15, -0.1) is 5.10 Å². The fourth-order valence-corrected chi connectivity index (χ4v) is 2.80. The normalized spacial score (nSPS) is 14.4. The molecule has 144 valence electrons. The van der Waals surface area contributed by atoms with Crippen LogP contribution in [0.4, 0.5) is 5.95 Å². The second-order valence-corrected chi connectivity index (χ2v) is 6.07. The number of methoxy groups -OCH3 is 2. The van der Waals surface area contributed by atoms with Crippen molar-refractivity contribution >= 4 is 18.1 Å². The van der Waals surface area contributed by atoms with Crippen molar-refractivity contribution in [2.45, 2.75) is 25.8 Å². The third-order valence-electron chi connectivity index (χ3n) is 4.20. The first-order valence-corrected chi connectivity index (χ1v) is 8.76. The van der Waals surface area contributed by atoms with Gasteiger partial charge in [0.2, 0.25) is 0 Å². The van der Waals surface area contributed by atoms with Gasteiger partial charge in [-0.25, -0.2) is 5.43 Å². The molecule has 0 saturated carbocycles. The molecule has 3 rings (SSSR count). The zero-order valence-corrected chi connectivity index (χ0v) is 15.5. The van der Waals surface area contributed by atoms with Gasteiger partial charge >= 0.3 is 0 Å². The van der Waals surface area contributed by atoms with Crippen LogP contribution >= 0.6 is 0 Å². The number of carbonyl (C=O) groups excluding carboxylic acids is 1. The van der Waals surface area contributed by atoms with Gasteiger partial charge in [0.05, 0.1) is 20.4 Å². The lowest BCUT2D eigenvalue weighted by Crippen LogP contribution is -2.30. The smallest absolute Gasteiger partial charge is 0.266 e. The number of hydrogen-bond acceptors (Lipinski definition) is 8. The summed E-state index contributed by atoms with van der Waals surface area (Å²) in [5, 5.41) is 16.2. The first-order chi connectivity index (χ1) is 13.2. The van der Waals surface area contributed by atoms with Gasteiger partial charge < -0.3 is 14.4 Å². The number of anilines is 1. The first kappa shape index (κ1) is 18.6. The van der Waals surface area contributed by atoms with Gasteiger partial charge in [-0.3, -0.25) is 4.79 Å². The van der Waals surface area contributed by atoms with Crippen molar-refractivity contribution in [2.75, 3.05) is 32.2 Å². The summed E-state index contributed by atoms with van der Waals surface area (Å²) in [5.74, 6) is 1.50. The molecular weight excluding hydrogens is 350 g/mol. The van der Waals surface area contributed by atoms with Gasteiger partial charge in [-0.1, -0.05) is 5.10 Å². The van der Waals surface area contributed by atoms with Crippen LogP contribution < -0.4 is 19.8 Å². The number of hydrogen-bond donors (Lipinski definition) is 1. The lowest BCUT2D eigenvalue weighted by molar-refractivity contribution is -0.122. The molecule has 0 spiro atoms. The monoisotopic (exact) mass is 373 g/mol. The molecule has 0 atom stereocenters. The molecule has 0 radical (unpaired) electrons. The summed E-state index contributed by atoms with van der Waals surface area (Å²) in [7, 11) is 3.14. The van der Waals surface area contributed by atoms with Crippen molar-refractivity contribution in [1.29, 1.82) is 0 Å². The Kier molecular flexibility index (Phi) is 6.18. The number of nitrogens with one attached hydrogen (secondary N) is 1. The van der Waals surface area contributed by atoms with E-state index in [0.29, 0.717) is 23.0 Å². The standard InChI is InChI=1S/C17H23N7O3/c1-26-14-6-7-15(27-2)13(10-14)11-18-19-16(25)12-24-21-17(20-22-24)23-8-4-3-5-9-23/h6-7,10-11H,3-5,8-9,12H2,1-2H3,(H,19,25). The molecule has 1 aromatic carbocycles. The third-order valence-corrected chi connectivity index (χ3v) is 4.20. The molecule has 1 aliphatic heterocycles. The molecule has 1 fully saturated rings. The van der Waals surface area contributed by atoms with E-state index >= 15 is 0 Å². The summed E-state index contributed by atoms with van der Waals surface area (Å²) in [5.41, 5.74) is 3.13. The van der Waals surface area contributed by atoms with E-state index in [0.717, 1.165) is 25.9 Å². The number of ether oxygens (including phenoxy) is 2. The molecule has 10 nitrogen and oxygen atoms in total. The fraction of sp³-hybridized carbons (Fsp3) is 0.471. The van der Waals surface area contributed by atoms with Gasteiger partial charge in [0, 0.05) is 18.7 Å². The van der Waals surface area contributed by atoms with Crippen LogP contribution in [0.25, 0.3) is 0 Å². The van der Waals surface area contributed by atoms with E-state index in [9.17, 15) is 4.79 Å². The van der Waals surface area contributed by atoms with Crippen LogP contribution in [0.5, 0.6) is 11.5 Å². The molecule has 10 heteroatoms. The van der Waals surface area contributed by atoms with Crippen molar-refractivity contribution in [3.8, 4) is 11.5 Å². The number of nitrogens with zero attached hydrogens (tertiary/aromatic N) is 6. The predicted octanol–water partition coefficient (Wildman–Crippen LogP) is 0.831. The van der Waals surface area contributed by atoms with Crippen LogP contribution in [-0.4, -0.2) is 59.6 Å². The Labute approximate surface area is 157 Å². The topological polar surface area (TPSA) is 107 Å². The van der Waals surface area contributed by atoms with Crippen molar-refractivity contribution in [1.82, 2.24) is 25.6 Å². The van der Waals surface area contributed by atoms with Crippen LogP contribution in [0, 0.1) is 0 Å². The quantitative estimate of drug-likeness (QED) is 0.566. The second-order valence-electron chi connectivity index (χ2n) is 6.07. The van der Waals surface area contributed by atoms with Gasteiger partial charge in [0.15, 0.2) is 0 Å². The highest BCUT2D eigenvalue weighted by atomic mass is 16.5. The number of piperidine rings is 1. The number of tetrazole rings is 1. The van der Waals surface area contributed by atoms with Crippen LogP contribution in [0.2, 0.25) is 0 Å². The minimum Gasteiger partial charge on any atom is -0.497 e. The van der Waals surface area contributed by atoms with Gasteiger partial charge in [-0.2, -0.15) is 9.90 Å². The molecule has 2 heterocycles. The van der Waals surface area contributed by atoms with Crippen LogP contribution in [0.3, 0.4) is 0 Å². The maximum atomic E-state index is 12.0. The number of aromatic nitrogens is 4. The average molecular weight is 373 g/mol. The van der Waals surface area contributed by atoms with Crippen LogP contribution in [0.1, 0.15) is 24.8 Å². The molecule has 1 saturated heterocycles. The number of amides is 1. The minimum atomic E-state index is -0.351. The summed E-state index contributed by atoms with van der Waals surface area (Å²) in [6, 6.07) is 5.31. The predicted molar refractivity (Wildman–Crippen MR) is 99.2 cm³/mol. The highest BCUT2D eigenvalue weighted by Gasteiger charge is 2.16. The molecule has 1 aromatic heterocycles. The zero-order chi connectivity index (χ0) is 19.1. The average Bonchev–Trinajstić information content (AvgIpc) is 3.17. The Hall–Kier alpha value is -3.17. The van der Waals surface area contributed by atoms with E-state index in [4.69, 9.17) is 9.47 Å². The molecule has 0 unspecified atom stereocenters. The van der Waals surface area contributed by atoms with E-state index < -0.39 is 0 Å². The molecule has 1 aliphatic rings. The Bertz CT molecular complexity index is 800. The fourth-order valence-electron chi connectivity index (χ4n) is 2.80. The number of hydrazone groups is 1. The first-order valence-electron chi connectivity index (χ1n) is 8.76. The van der Waals surface area contributed by atoms with Crippen molar-refractivity contribution in [3.05, 3.63) is 23.8 Å². The highest BCUT2D eigenvalue weighted by Crippen LogP contribution is 2.22. The maximum Gasteiger partial charge on any atom is 0.266 e. The van der Waals surface area contributed by atoms with E-state index in [2.05, 4.69) is 30.8 Å². The lowest BCUT2D eigenvalue weighted by atomic mass is 10.1. The molecule has 0 bridgehead atoms. The van der Waals surface area contributed by atoms with Gasteiger partial charge in [0.25, 0.3) is 11.9 Å². The summed E-state index contributed by atoms with van der Waals surface area (Å²) in [6.07, 6.45) is 4.96. The zero-order valence-electron chi connectivity index (χ0n) is 15.5. The van der Waals surface area contributed by atoms with Gasteiger partial charge in [-0.05, 0) is 42.7 Å². The summed E-state index contributed by atoms with van der Waals surface area (Å²) in [6.45, 7) is 1.78. The minimum absolute atomic E-state index is 0.0621. The molecule has 0 aliphatic carbocycles. The Morgan fingerprint density at radius 2 is 2.07 bits per heavy atom. The van der Waals surface area contributed by atoms with Gasteiger partial charge in [0.1, 0.15) is 18.0 Å². The largest absolute Gasteiger partial charge is 0.497 e. The number of benzene rings is 1. The van der Waals surface area contributed by atoms with Crippen LogP contribution in [-0.2, 0) is 11.3 Å². The highest BCUT2D eigenvalue weighted by molar-refractivity contribution is 5.85. The SMILES string of the molecule is COc1ccc(OC)c(C=NNC(=O)Cn2nnc(N3CCCCC3)n2)c1. The molecular formula is C17H23N7O3.